The first kappa shape index (κ1) is 23.5. The van der Waals surface area contributed by atoms with Crippen molar-refractivity contribution < 1.29 is 14.6 Å². The molecule has 4 heteroatoms. The standard InChI is InChI=1S/C27H34O3S/c1-18-14-22(15-19(2)26(18)29)10-11-25(28)23-16-20(3)27(21(4)17-23)30-12-13-31-24-8-6-5-7-9-24/h10-11,14-17,24,29H,5-9,12-13H2,1-4H3/b11-10+. The zero-order valence-corrected chi connectivity index (χ0v) is 20.0. The van der Waals surface area contributed by atoms with Gasteiger partial charge in [-0.25, -0.2) is 0 Å². The molecule has 0 saturated heterocycles. The summed E-state index contributed by atoms with van der Waals surface area (Å²) in [6, 6.07) is 7.59. The fraction of sp³-hybridized carbons (Fsp3) is 0.444. The normalized spacial score (nSPS) is 14.8. The highest BCUT2D eigenvalue weighted by Crippen LogP contribution is 2.29. The Kier molecular flexibility index (Phi) is 8.25. The predicted octanol–water partition coefficient (Wildman–Crippen LogP) is 6.97. The zero-order valence-electron chi connectivity index (χ0n) is 19.2. The molecule has 1 saturated carbocycles. The summed E-state index contributed by atoms with van der Waals surface area (Å²) in [5.74, 6) is 2.18. The first-order chi connectivity index (χ1) is 14.8. The molecule has 31 heavy (non-hydrogen) atoms. The van der Waals surface area contributed by atoms with E-state index in [4.69, 9.17) is 4.74 Å². The highest BCUT2D eigenvalue weighted by atomic mass is 32.2. The number of rotatable bonds is 8. The monoisotopic (exact) mass is 438 g/mol. The van der Waals surface area contributed by atoms with Gasteiger partial charge in [-0.2, -0.15) is 11.8 Å². The fourth-order valence-corrected chi connectivity index (χ4v) is 5.44. The van der Waals surface area contributed by atoms with Crippen LogP contribution >= 0.6 is 11.8 Å². The van der Waals surface area contributed by atoms with Gasteiger partial charge >= 0.3 is 0 Å². The summed E-state index contributed by atoms with van der Waals surface area (Å²) >= 11 is 2.04. The Hall–Kier alpha value is -2.20. The van der Waals surface area contributed by atoms with Crippen molar-refractivity contribution in [3.8, 4) is 11.5 Å². The van der Waals surface area contributed by atoms with Gasteiger partial charge in [0.1, 0.15) is 11.5 Å². The molecule has 0 atom stereocenters. The Morgan fingerprint density at radius 3 is 2.23 bits per heavy atom. The summed E-state index contributed by atoms with van der Waals surface area (Å²) in [5.41, 5.74) is 5.18. The third-order valence-corrected chi connectivity index (χ3v) is 7.27. The van der Waals surface area contributed by atoms with E-state index in [0.29, 0.717) is 17.9 Å². The molecular formula is C27H34O3S. The van der Waals surface area contributed by atoms with Gasteiger partial charge in [-0.1, -0.05) is 25.3 Å². The smallest absolute Gasteiger partial charge is 0.185 e. The lowest BCUT2D eigenvalue weighted by molar-refractivity contribution is 0.104. The summed E-state index contributed by atoms with van der Waals surface area (Å²) in [6.45, 7) is 8.43. The minimum Gasteiger partial charge on any atom is -0.507 e. The number of hydrogen-bond acceptors (Lipinski definition) is 4. The summed E-state index contributed by atoms with van der Waals surface area (Å²) in [5, 5.41) is 10.7. The third kappa shape index (κ3) is 6.39. The molecule has 0 amide bonds. The van der Waals surface area contributed by atoms with Crippen molar-refractivity contribution in [1.29, 1.82) is 0 Å². The number of hydrogen-bond donors (Lipinski definition) is 1. The van der Waals surface area contributed by atoms with Crippen molar-refractivity contribution in [2.45, 2.75) is 65.0 Å². The van der Waals surface area contributed by atoms with Crippen molar-refractivity contribution in [3.63, 3.8) is 0 Å². The van der Waals surface area contributed by atoms with E-state index in [0.717, 1.165) is 44.6 Å². The highest BCUT2D eigenvalue weighted by molar-refractivity contribution is 7.99. The number of allylic oxidation sites excluding steroid dienone is 1. The van der Waals surface area contributed by atoms with E-state index in [1.807, 2.05) is 63.7 Å². The Morgan fingerprint density at radius 1 is 1.00 bits per heavy atom. The first-order valence-electron chi connectivity index (χ1n) is 11.2. The molecule has 3 rings (SSSR count). The largest absolute Gasteiger partial charge is 0.507 e. The van der Waals surface area contributed by atoms with Gasteiger partial charge in [-0.3, -0.25) is 4.79 Å². The number of carbonyl (C=O) groups is 1. The molecule has 0 aromatic heterocycles. The number of ketones is 1. The predicted molar refractivity (Wildman–Crippen MR) is 132 cm³/mol. The number of carbonyl (C=O) groups excluding carboxylic acids is 1. The summed E-state index contributed by atoms with van der Waals surface area (Å²) in [6.07, 6.45) is 10.2. The molecule has 1 aliphatic rings. The van der Waals surface area contributed by atoms with Gasteiger partial charge in [0, 0.05) is 16.6 Å². The summed E-state index contributed by atoms with van der Waals surface area (Å²) < 4.78 is 6.09. The first-order valence-corrected chi connectivity index (χ1v) is 12.3. The van der Waals surface area contributed by atoms with Crippen LogP contribution in [0.5, 0.6) is 11.5 Å². The van der Waals surface area contributed by atoms with E-state index in [1.165, 1.54) is 32.1 Å². The minimum absolute atomic E-state index is 0.0333. The molecule has 3 nitrogen and oxygen atoms in total. The highest BCUT2D eigenvalue weighted by Gasteiger charge is 2.14. The molecule has 0 heterocycles. The van der Waals surface area contributed by atoms with Crippen LogP contribution in [0, 0.1) is 27.7 Å². The van der Waals surface area contributed by atoms with Crippen LogP contribution in [0.4, 0.5) is 0 Å². The van der Waals surface area contributed by atoms with E-state index >= 15 is 0 Å². The number of phenols is 1. The maximum absolute atomic E-state index is 12.7. The van der Waals surface area contributed by atoms with Crippen molar-refractivity contribution in [3.05, 3.63) is 63.7 Å². The molecule has 2 aromatic rings. The lowest BCUT2D eigenvalue weighted by Gasteiger charge is -2.21. The van der Waals surface area contributed by atoms with Gasteiger partial charge in [0.2, 0.25) is 0 Å². The Bertz CT molecular complexity index is 909. The van der Waals surface area contributed by atoms with Crippen LogP contribution in [0.3, 0.4) is 0 Å². The second-order valence-electron chi connectivity index (χ2n) is 8.62. The zero-order chi connectivity index (χ0) is 22.4. The van der Waals surface area contributed by atoms with E-state index in [-0.39, 0.29) is 5.78 Å². The summed E-state index contributed by atoms with van der Waals surface area (Å²) in [7, 11) is 0. The van der Waals surface area contributed by atoms with Gasteiger partial charge in [-0.05, 0) is 98.7 Å². The number of thioether (sulfide) groups is 1. The van der Waals surface area contributed by atoms with E-state index in [2.05, 4.69) is 0 Å². The topological polar surface area (TPSA) is 46.5 Å². The molecule has 2 aromatic carbocycles. The van der Waals surface area contributed by atoms with Crippen molar-refractivity contribution in [2.75, 3.05) is 12.4 Å². The van der Waals surface area contributed by atoms with Gasteiger partial charge < -0.3 is 9.84 Å². The van der Waals surface area contributed by atoms with Crippen LogP contribution in [0.1, 0.15) is 70.3 Å². The number of aryl methyl sites for hydroxylation is 4. The molecule has 0 unspecified atom stereocenters. The number of ether oxygens (including phenoxy) is 1. The second kappa shape index (κ2) is 10.9. The molecule has 1 fully saturated rings. The third-order valence-electron chi connectivity index (χ3n) is 5.92. The van der Waals surface area contributed by atoms with Crippen molar-refractivity contribution in [1.82, 2.24) is 0 Å². The number of aromatic hydroxyl groups is 1. The molecule has 1 N–H and O–H groups in total. The van der Waals surface area contributed by atoms with Gasteiger partial charge in [0.25, 0.3) is 0 Å². The van der Waals surface area contributed by atoms with Crippen LogP contribution in [0.25, 0.3) is 6.08 Å². The fourth-order valence-electron chi connectivity index (χ4n) is 4.26. The van der Waals surface area contributed by atoms with Gasteiger partial charge in [-0.15, -0.1) is 0 Å². The number of phenolic OH excluding ortho intramolecular Hbond substituents is 1. The van der Waals surface area contributed by atoms with Crippen LogP contribution in [-0.4, -0.2) is 28.5 Å². The van der Waals surface area contributed by atoms with Crippen LogP contribution < -0.4 is 4.74 Å². The van der Waals surface area contributed by atoms with Crippen LogP contribution in [-0.2, 0) is 0 Å². The second-order valence-corrected chi connectivity index (χ2v) is 10.0. The maximum Gasteiger partial charge on any atom is 0.185 e. The molecule has 0 radical (unpaired) electrons. The maximum atomic E-state index is 12.7. The SMILES string of the molecule is Cc1cc(/C=C/C(=O)c2cc(C)c(OCCSC3CCCCC3)c(C)c2)cc(C)c1O. The van der Waals surface area contributed by atoms with E-state index in [9.17, 15) is 9.90 Å². The Labute approximate surface area is 190 Å². The van der Waals surface area contributed by atoms with Crippen molar-refractivity contribution >= 4 is 23.6 Å². The quantitative estimate of drug-likeness (QED) is 0.275. The van der Waals surface area contributed by atoms with E-state index in [1.54, 1.807) is 12.2 Å². The molecule has 0 aliphatic heterocycles. The van der Waals surface area contributed by atoms with Gasteiger partial charge in [0.05, 0.1) is 6.61 Å². The van der Waals surface area contributed by atoms with Crippen LogP contribution in [0.2, 0.25) is 0 Å². The Balaban J connectivity index is 1.60. The van der Waals surface area contributed by atoms with Crippen molar-refractivity contribution in [2.24, 2.45) is 0 Å². The molecule has 166 valence electrons. The average Bonchev–Trinajstić information content (AvgIpc) is 2.75. The van der Waals surface area contributed by atoms with Gasteiger partial charge in [0.15, 0.2) is 5.78 Å². The molecular weight excluding hydrogens is 404 g/mol. The molecule has 1 aliphatic carbocycles. The number of benzene rings is 2. The lowest BCUT2D eigenvalue weighted by atomic mass is 10.0. The Morgan fingerprint density at radius 2 is 1.61 bits per heavy atom. The molecule has 0 spiro atoms. The van der Waals surface area contributed by atoms with Crippen LogP contribution in [0.15, 0.2) is 30.3 Å². The lowest BCUT2D eigenvalue weighted by Crippen LogP contribution is -2.11. The average molecular weight is 439 g/mol. The molecule has 0 bridgehead atoms. The van der Waals surface area contributed by atoms with E-state index < -0.39 is 0 Å². The summed E-state index contributed by atoms with van der Waals surface area (Å²) in [4.78, 5) is 12.7. The minimum atomic E-state index is -0.0333.